The number of hydrogen-bond acceptors (Lipinski definition) is 4. The molecule has 128 valence electrons. The third-order valence-electron chi connectivity index (χ3n) is 3.69. The Labute approximate surface area is 139 Å². The van der Waals surface area contributed by atoms with Crippen molar-refractivity contribution in [3.63, 3.8) is 0 Å². The minimum atomic E-state index is -0.477. The summed E-state index contributed by atoms with van der Waals surface area (Å²) in [6.07, 6.45) is -0.261. The Hall–Kier alpha value is -1.59. The molecule has 0 bridgehead atoms. The number of carbonyl (C=O) groups excluding carboxylic acids is 1. The SMILES string of the molecule is Cc1ccc(CNCC2COCCN2C(=O)OC(C)(C)C)cc1. The molecule has 1 heterocycles. The summed E-state index contributed by atoms with van der Waals surface area (Å²) in [5.41, 5.74) is 2.01. The van der Waals surface area contributed by atoms with Crippen LogP contribution in [-0.2, 0) is 16.0 Å². The Morgan fingerprint density at radius 3 is 2.70 bits per heavy atom. The normalized spacial score (nSPS) is 18.8. The lowest BCUT2D eigenvalue weighted by Gasteiger charge is -2.36. The van der Waals surface area contributed by atoms with Crippen LogP contribution in [-0.4, -0.2) is 48.9 Å². The van der Waals surface area contributed by atoms with Crippen LogP contribution in [0.3, 0.4) is 0 Å². The van der Waals surface area contributed by atoms with E-state index in [-0.39, 0.29) is 12.1 Å². The van der Waals surface area contributed by atoms with E-state index in [0.29, 0.717) is 26.3 Å². The van der Waals surface area contributed by atoms with Gasteiger partial charge in [-0.15, -0.1) is 0 Å². The van der Waals surface area contributed by atoms with Crippen LogP contribution in [0.25, 0.3) is 0 Å². The number of aryl methyl sites for hydroxylation is 1. The van der Waals surface area contributed by atoms with Gasteiger partial charge < -0.3 is 14.8 Å². The van der Waals surface area contributed by atoms with Crippen molar-refractivity contribution in [1.82, 2.24) is 10.2 Å². The first-order valence-electron chi connectivity index (χ1n) is 8.19. The van der Waals surface area contributed by atoms with Gasteiger partial charge in [-0.3, -0.25) is 4.90 Å². The lowest BCUT2D eigenvalue weighted by Crippen LogP contribution is -2.54. The highest BCUT2D eigenvalue weighted by molar-refractivity contribution is 5.68. The van der Waals surface area contributed by atoms with Crippen molar-refractivity contribution in [2.24, 2.45) is 0 Å². The summed E-state index contributed by atoms with van der Waals surface area (Å²) in [6, 6.07) is 8.45. The molecule has 1 atom stereocenters. The van der Waals surface area contributed by atoms with Crippen molar-refractivity contribution in [3.05, 3.63) is 35.4 Å². The van der Waals surface area contributed by atoms with E-state index >= 15 is 0 Å². The molecule has 1 unspecified atom stereocenters. The van der Waals surface area contributed by atoms with Gasteiger partial charge in [0, 0.05) is 19.6 Å². The van der Waals surface area contributed by atoms with Crippen molar-refractivity contribution in [3.8, 4) is 0 Å². The molecule has 1 amide bonds. The van der Waals surface area contributed by atoms with Crippen LogP contribution in [0.2, 0.25) is 0 Å². The predicted octanol–water partition coefficient (Wildman–Crippen LogP) is 2.72. The summed E-state index contributed by atoms with van der Waals surface area (Å²) in [6.45, 7) is 10.9. The number of nitrogens with one attached hydrogen (secondary N) is 1. The molecule has 1 aromatic carbocycles. The van der Waals surface area contributed by atoms with Gasteiger partial charge >= 0.3 is 6.09 Å². The molecule has 1 N–H and O–H groups in total. The number of morpholine rings is 1. The standard InChI is InChI=1S/C18H28N2O3/c1-14-5-7-15(8-6-14)11-19-12-16-13-22-10-9-20(16)17(21)23-18(2,3)4/h5-8,16,19H,9-13H2,1-4H3. The summed E-state index contributed by atoms with van der Waals surface area (Å²) in [7, 11) is 0. The maximum atomic E-state index is 12.3. The van der Waals surface area contributed by atoms with E-state index in [1.807, 2.05) is 20.8 Å². The molecule has 1 saturated heterocycles. The molecule has 2 rings (SSSR count). The maximum absolute atomic E-state index is 12.3. The molecular formula is C18H28N2O3. The second kappa shape index (κ2) is 7.79. The number of rotatable bonds is 4. The highest BCUT2D eigenvalue weighted by Crippen LogP contribution is 2.14. The summed E-state index contributed by atoms with van der Waals surface area (Å²) in [5, 5.41) is 3.41. The first kappa shape index (κ1) is 17.8. The summed E-state index contributed by atoms with van der Waals surface area (Å²) < 4.78 is 11.0. The number of nitrogens with zero attached hydrogens (tertiary/aromatic N) is 1. The second-order valence-corrected chi connectivity index (χ2v) is 7.02. The van der Waals surface area contributed by atoms with Gasteiger partial charge in [0.25, 0.3) is 0 Å². The zero-order chi connectivity index (χ0) is 16.9. The van der Waals surface area contributed by atoms with Gasteiger partial charge in [0.05, 0.1) is 19.3 Å². The Bertz CT molecular complexity index is 508. The molecule has 1 aromatic rings. The summed E-state index contributed by atoms with van der Waals surface area (Å²) in [4.78, 5) is 14.1. The molecule has 1 aliphatic rings. The summed E-state index contributed by atoms with van der Waals surface area (Å²) in [5.74, 6) is 0. The quantitative estimate of drug-likeness (QED) is 0.927. The van der Waals surface area contributed by atoms with E-state index in [9.17, 15) is 4.79 Å². The van der Waals surface area contributed by atoms with Gasteiger partial charge in [-0.1, -0.05) is 29.8 Å². The molecule has 5 heteroatoms. The minimum Gasteiger partial charge on any atom is -0.444 e. The Balaban J connectivity index is 1.86. The fourth-order valence-corrected chi connectivity index (χ4v) is 2.47. The average molecular weight is 320 g/mol. The van der Waals surface area contributed by atoms with E-state index in [2.05, 4.69) is 36.5 Å². The Morgan fingerprint density at radius 1 is 1.35 bits per heavy atom. The van der Waals surface area contributed by atoms with E-state index in [1.165, 1.54) is 11.1 Å². The average Bonchev–Trinajstić information content (AvgIpc) is 2.48. The Kier molecular flexibility index (Phi) is 6.02. The molecule has 5 nitrogen and oxygen atoms in total. The van der Waals surface area contributed by atoms with Crippen LogP contribution in [0, 0.1) is 6.92 Å². The van der Waals surface area contributed by atoms with Crippen molar-refractivity contribution in [2.75, 3.05) is 26.3 Å². The molecular weight excluding hydrogens is 292 g/mol. The lowest BCUT2D eigenvalue weighted by molar-refractivity contribution is -0.0317. The van der Waals surface area contributed by atoms with Gasteiger partial charge in [-0.05, 0) is 33.3 Å². The maximum Gasteiger partial charge on any atom is 0.410 e. The fourth-order valence-electron chi connectivity index (χ4n) is 2.47. The third-order valence-corrected chi connectivity index (χ3v) is 3.69. The van der Waals surface area contributed by atoms with Crippen LogP contribution < -0.4 is 5.32 Å². The molecule has 0 radical (unpaired) electrons. The molecule has 23 heavy (non-hydrogen) atoms. The number of carbonyl (C=O) groups is 1. The van der Waals surface area contributed by atoms with Crippen LogP contribution in [0.5, 0.6) is 0 Å². The first-order chi connectivity index (χ1) is 10.8. The van der Waals surface area contributed by atoms with E-state index in [4.69, 9.17) is 9.47 Å². The number of amides is 1. The van der Waals surface area contributed by atoms with Crippen LogP contribution in [0.4, 0.5) is 4.79 Å². The van der Waals surface area contributed by atoms with Crippen LogP contribution >= 0.6 is 0 Å². The van der Waals surface area contributed by atoms with Gasteiger partial charge in [0.15, 0.2) is 0 Å². The minimum absolute atomic E-state index is 0.00375. The summed E-state index contributed by atoms with van der Waals surface area (Å²) >= 11 is 0. The topological polar surface area (TPSA) is 50.8 Å². The zero-order valence-corrected chi connectivity index (χ0v) is 14.6. The van der Waals surface area contributed by atoms with Crippen LogP contribution in [0.1, 0.15) is 31.9 Å². The third kappa shape index (κ3) is 5.84. The van der Waals surface area contributed by atoms with E-state index in [0.717, 1.165) is 6.54 Å². The van der Waals surface area contributed by atoms with Crippen molar-refractivity contribution < 1.29 is 14.3 Å². The fraction of sp³-hybridized carbons (Fsp3) is 0.611. The second-order valence-electron chi connectivity index (χ2n) is 7.02. The molecule has 0 aliphatic carbocycles. The zero-order valence-electron chi connectivity index (χ0n) is 14.6. The lowest BCUT2D eigenvalue weighted by atomic mass is 10.1. The molecule has 1 aliphatic heterocycles. The van der Waals surface area contributed by atoms with E-state index < -0.39 is 5.60 Å². The predicted molar refractivity (Wildman–Crippen MR) is 90.4 cm³/mol. The Morgan fingerprint density at radius 2 is 2.04 bits per heavy atom. The molecule has 1 fully saturated rings. The number of ether oxygens (including phenoxy) is 2. The smallest absolute Gasteiger partial charge is 0.410 e. The molecule has 0 saturated carbocycles. The molecule has 0 aromatic heterocycles. The van der Waals surface area contributed by atoms with Gasteiger partial charge in [-0.2, -0.15) is 0 Å². The van der Waals surface area contributed by atoms with Gasteiger partial charge in [0.2, 0.25) is 0 Å². The van der Waals surface area contributed by atoms with Crippen LogP contribution in [0.15, 0.2) is 24.3 Å². The highest BCUT2D eigenvalue weighted by Gasteiger charge is 2.30. The van der Waals surface area contributed by atoms with Crippen molar-refractivity contribution in [1.29, 1.82) is 0 Å². The van der Waals surface area contributed by atoms with Crippen molar-refractivity contribution >= 4 is 6.09 Å². The monoisotopic (exact) mass is 320 g/mol. The van der Waals surface area contributed by atoms with Gasteiger partial charge in [-0.25, -0.2) is 4.79 Å². The first-order valence-corrected chi connectivity index (χ1v) is 8.19. The number of benzene rings is 1. The van der Waals surface area contributed by atoms with E-state index in [1.54, 1.807) is 4.90 Å². The number of hydrogen-bond donors (Lipinski definition) is 1. The molecule has 0 spiro atoms. The van der Waals surface area contributed by atoms with Crippen molar-refractivity contribution in [2.45, 2.75) is 45.9 Å². The largest absolute Gasteiger partial charge is 0.444 e. The highest BCUT2D eigenvalue weighted by atomic mass is 16.6. The van der Waals surface area contributed by atoms with Gasteiger partial charge in [0.1, 0.15) is 5.60 Å².